The van der Waals surface area contributed by atoms with Crippen LogP contribution in [0.1, 0.15) is 39.3 Å². The monoisotopic (exact) mass is 476 g/mol. The highest BCUT2D eigenvalue weighted by Gasteiger charge is 2.34. The zero-order valence-electron chi connectivity index (χ0n) is 20.1. The van der Waals surface area contributed by atoms with Crippen molar-refractivity contribution in [3.63, 3.8) is 0 Å². The number of nitrogens with zero attached hydrogens (tertiary/aromatic N) is 4. The van der Waals surface area contributed by atoms with Crippen LogP contribution in [0, 0.1) is 5.92 Å². The first-order valence-electron chi connectivity index (χ1n) is 11.7. The van der Waals surface area contributed by atoms with E-state index in [-0.39, 0.29) is 17.9 Å². The van der Waals surface area contributed by atoms with Crippen molar-refractivity contribution in [2.45, 2.75) is 30.2 Å². The maximum absolute atomic E-state index is 13.2. The summed E-state index contributed by atoms with van der Waals surface area (Å²) in [6.07, 6.45) is 6.31. The molecule has 7 heteroatoms. The summed E-state index contributed by atoms with van der Waals surface area (Å²) in [5.41, 5.74) is 2.45. The summed E-state index contributed by atoms with van der Waals surface area (Å²) < 4.78 is 1.66. The van der Waals surface area contributed by atoms with E-state index in [4.69, 9.17) is 0 Å². The molecule has 0 N–H and O–H groups in total. The molecule has 1 saturated heterocycles. The molecule has 4 rings (SSSR count). The van der Waals surface area contributed by atoms with Crippen LogP contribution in [0.25, 0.3) is 0 Å². The molecule has 1 fully saturated rings. The second kappa shape index (κ2) is 10.9. The van der Waals surface area contributed by atoms with Gasteiger partial charge in [0.15, 0.2) is 0 Å². The minimum absolute atomic E-state index is 0.0349. The molecule has 1 aromatic heterocycles. The Kier molecular flexibility index (Phi) is 7.73. The molecule has 2 aromatic carbocycles. The van der Waals surface area contributed by atoms with Crippen molar-refractivity contribution in [3.05, 3.63) is 83.7 Å². The number of carbonyl (C=O) groups is 2. The van der Waals surface area contributed by atoms with Gasteiger partial charge in [0.05, 0.1) is 5.56 Å². The number of benzene rings is 2. The molecule has 2 heterocycles. The van der Waals surface area contributed by atoms with Crippen LogP contribution in [0.4, 0.5) is 0 Å². The Morgan fingerprint density at radius 2 is 1.74 bits per heavy atom. The molecule has 0 aliphatic carbocycles. The Hall–Kier alpha value is -3.06. The van der Waals surface area contributed by atoms with Gasteiger partial charge in [-0.2, -0.15) is 5.10 Å². The van der Waals surface area contributed by atoms with E-state index in [1.54, 1.807) is 28.7 Å². The molecule has 178 valence electrons. The van der Waals surface area contributed by atoms with Crippen LogP contribution in [-0.4, -0.2) is 63.8 Å². The third kappa shape index (κ3) is 5.36. The minimum atomic E-state index is -0.0612. The number of likely N-dealkylation sites (tertiary alicyclic amines) is 1. The van der Waals surface area contributed by atoms with E-state index in [9.17, 15) is 9.59 Å². The molecule has 0 radical (unpaired) electrons. The van der Waals surface area contributed by atoms with Crippen molar-refractivity contribution in [3.8, 4) is 0 Å². The summed E-state index contributed by atoms with van der Waals surface area (Å²) in [6.45, 7) is 1.40. The summed E-state index contributed by atoms with van der Waals surface area (Å²) in [5.74, 6) is 0.340. The number of thioether (sulfide) groups is 1. The molecule has 0 saturated carbocycles. The number of aromatic nitrogens is 2. The number of likely N-dealkylation sites (N-methyl/N-ethyl adjacent to an activating group) is 1. The van der Waals surface area contributed by atoms with Crippen molar-refractivity contribution >= 4 is 23.6 Å². The predicted molar refractivity (Wildman–Crippen MR) is 136 cm³/mol. The summed E-state index contributed by atoms with van der Waals surface area (Å²) in [6, 6.07) is 19.9. The van der Waals surface area contributed by atoms with E-state index in [0.29, 0.717) is 24.7 Å². The van der Waals surface area contributed by atoms with Crippen LogP contribution in [0.3, 0.4) is 0 Å². The molecule has 1 unspecified atom stereocenters. The molecule has 1 atom stereocenters. The summed E-state index contributed by atoms with van der Waals surface area (Å²) in [4.78, 5) is 31.3. The zero-order valence-corrected chi connectivity index (χ0v) is 20.9. The molecule has 2 amide bonds. The normalized spacial score (nSPS) is 15.2. The third-order valence-corrected chi connectivity index (χ3v) is 7.54. The van der Waals surface area contributed by atoms with Crippen LogP contribution >= 0.6 is 11.8 Å². The predicted octanol–water partition coefficient (Wildman–Crippen LogP) is 4.38. The summed E-state index contributed by atoms with van der Waals surface area (Å²) in [5, 5.41) is 4.32. The number of aryl methyl sites for hydroxylation is 1. The first-order chi connectivity index (χ1) is 16.5. The van der Waals surface area contributed by atoms with Crippen LogP contribution in [0.5, 0.6) is 0 Å². The zero-order chi connectivity index (χ0) is 24.1. The number of piperidine rings is 1. The number of carbonyl (C=O) groups excluding carboxylic acids is 2. The van der Waals surface area contributed by atoms with Gasteiger partial charge in [-0.3, -0.25) is 14.3 Å². The maximum atomic E-state index is 13.2. The molecule has 0 spiro atoms. The lowest BCUT2D eigenvalue weighted by Crippen LogP contribution is -2.48. The van der Waals surface area contributed by atoms with Gasteiger partial charge in [-0.15, -0.1) is 11.8 Å². The van der Waals surface area contributed by atoms with Gasteiger partial charge in [-0.25, -0.2) is 0 Å². The third-order valence-electron chi connectivity index (χ3n) is 6.75. The smallest absolute Gasteiger partial charge is 0.274 e. The molecular weight excluding hydrogens is 444 g/mol. The SMILES string of the molecule is CSc1ccccc1C(=O)N1CCC(C(Cc2ccccc2)N(C)C(=O)c2ccn(C)n2)CC1. The lowest BCUT2D eigenvalue weighted by molar-refractivity contribution is 0.0517. The van der Waals surface area contributed by atoms with Crippen LogP contribution in [0.2, 0.25) is 0 Å². The first kappa shape index (κ1) is 24.1. The van der Waals surface area contributed by atoms with Gasteiger partial charge in [-0.1, -0.05) is 42.5 Å². The van der Waals surface area contributed by atoms with Gasteiger partial charge < -0.3 is 9.80 Å². The Morgan fingerprint density at radius 1 is 1.06 bits per heavy atom. The van der Waals surface area contributed by atoms with Crippen molar-refractivity contribution in [1.29, 1.82) is 0 Å². The Morgan fingerprint density at radius 3 is 2.38 bits per heavy atom. The van der Waals surface area contributed by atoms with Crippen molar-refractivity contribution in [1.82, 2.24) is 19.6 Å². The Bertz CT molecular complexity index is 1120. The molecule has 34 heavy (non-hydrogen) atoms. The molecule has 1 aliphatic heterocycles. The van der Waals surface area contributed by atoms with Gasteiger partial charge in [0.1, 0.15) is 5.69 Å². The van der Waals surface area contributed by atoms with E-state index >= 15 is 0 Å². The summed E-state index contributed by atoms with van der Waals surface area (Å²) in [7, 11) is 3.71. The topological polar surface area (TPSA) is 58.4 Å². The maximum Gasteiger partial charge on any atom is 0.274 e. The van der Waals surface area contributed by atoms with Crippen molar-refractivity contribution in [2.75, 3.05) is 26.4 Å². The highest BCUT2D eigenvalue weighted by Crippen LogP contribution is 2.29. The van der Waals surface area contributed by atoms with Crippen molar-refractivity contribution < 1.29 is 9.59 Å². The van der Waals surface area contributed by atoms with E-state index in [1.165, 1.54) is 5.56 Å². The van der Waals surface area contributed by atoms with E-state index < -0.39 is 0 Å². The Labute approximate surface area is 205 Å². The highest BCUT2D eigenvalue weighted by atomic mass is 32.2. The minimum Gasteiger partial charge on any atom is -0.339 e. The van der Waals surface area contributed by atoms with E-state index in [0.717, 1.165) is 29.7 Å². The summed E-state index contributed by atoms with van der Waals surface area (Å²) >= 11 is 1.60. The molecule has 3 aromatic rings. The number of amides is 2. The highest BCUT2D eigenvalue weighted by molar-refractivity contribution is 7.98. The quantitative estimate of drug-likeness (QED) is 0.475. The van der Waals surface area contributed by atoms with Gasteiger partial charge in [-0.05, 0) is 55.2 Å². The van der Waals surface area contributed by atoms with Gasteiger partial charge in [0.2, 0.25) is 0 Å². The fourth-order valence-electron chi connectivity index (χ4n) is 4.81. The van der Waals surface area contributed by atoms with E-state index in [1.807, 2.05) is 72.6 Å². The van der Waals surface area contributed by atoms with Crippen LogP contribution in [0.15, 0.2) is 71.8 Å². The van der Waals surface area contributed by atoms with Crippen molar-refractivity contribution in [2.24, 2.45) is 13.0 Å². The average molecular weight is 477 g/mol. The standard InChI is InChI=1S/C27H32N4O2S/c1-29-16-15-23(28-29)27(33)30(2)24(19-20-9-5-4-6-10-20)21-13-17-31(18-14-21)26(32)22-11-7-8-12-25(22)34-3/h4-12,15-16,21,24H,13-14,17-19H2,1-3H3. The lowest BCUT2D eigenvalue weighted by atomic mass is 9.84. The molecule has 6 nitrogen and oxygen atoms in total. The van der Waals surface area contributed by atoms with E-state index in [2.05, 4.69) is 17.2 Å². The largest absolute Gasteiger partial charge is 0.339 e. The molecular formula is C27H32N4O2S. The second-order valence-corrected chi connectivity index (χ2v) is 9.73. The van der Waals surface area contributed by atoms with Gasteiger partial charge >= 0.3 is 0 Å². The Balaban J connectivity index is 1.49. The molecule has 0 bridgehead atoms. The average Bonchev–Trinajstić information content (AvgIpc) is 3.33. The van der Waals surface area contributed by atoms with Gasteiger partial charge in [0, 0.05) is 44.3 Å². The first-order valence-corrected chi connectivity index (χ1v) is 12.9. The fourth-order valence-corrected chi connectivity index (χ4v) is 5.40. The number of hydrogen-bond acceptors (Lipinski definition) is 4. The second-order valence-electron chi connectivity index (χ2n) is 8.88. The number of rotatable bonds is 7. The lowest BCUT2D eigenvalue weighted by Gasteiger charge is -2.40. The van der Waals surface area contributed by atoms with Crippen LogP contribution < -0.4 is 0 Å². The molecule has 1 aliphatic rings. The van der Waals surface area contributed by atoms with Gasteiger partial charge in [0.25, 0.3) is 11.8 Å². The number of hydrogen-bond donors (Lipinski definition) is 0. The van der Waals surface area contributed by atoms with Crippen LogP contribution in [-0.2, 0) is 13.5 Å². The fraction of sp³-hybridized carbons (Fsp3) is 0.370.